The second kappa shape index (κ2) is 10.7. The summed E-state index contributed by atoms with van der Waals surface area (Å²) in [5.41, 5.74) is 0.340. The third-order valence-electron chi connectivity index (χ3n) is 5.15. The molecule has 0 radical (unpaired) electrons. The molecule has 3 rings (SSSR count). The molecule has 0 aromatic heterocycles. The third kappa shape index (κ3) is 5.44. The van der Waals surface area contributed by atoms with E-state index >= 15 is 0 Å². The van der Waals surface area contributed by atoms with E-state index in [1.807, 2.05) is 6.92 Å². The Bertz CT molecular complexity index is 1090. The maximum absolute atomic E-state index is 13.5. The van der Waals surface area contributed by atoms with Crippen LogP contribution in [0, 0.1) is 0 Å². The molecule has 0 spiro atoms. The lowest BCUT2D eigenvalue weighted by atomic mass is 10.2. The van der Waals surface area contributed by atoms with Crippen molar-refractivity contribution in [3.63, 3.8) is 0 Å². The van der Waals surface area contributed by atoms with Gasteiger partial charge in [0.05, 0.1) is 30.2 Å². The number of benzene rings is 2. The fourth-order valence-corrected chi connectivity index (χ4v) is 5.33. The lowest BCUT2D eigenvalue weighted by Crippen LogP contribution is -2.49. The Morgan fingerprint density at radius 1 is 1.06 bits per heavy atom. The van der Waals surface area contributed by atoms with Crippen LogP contribution >= 0.6 is 15.9 Å². The molecule has 1 heterocycles. The predicted molar refractivity (Wildman–Crippen MR) is 124 cm³/mol. The van der Waals surface area contributed by atoms with Crippen LogP contribution in [0.15, 0.2) is 57.9 Å². The Morgan fingerprint density at radius 3 is 2.21 bits per heavy atom. The highest BCUT2D eigenvalue weighted by Gasteiger charge is 2.47. The van der Waals surface area contributed by atoms with Gasteiger partial charge >= 0.3 is 0 Å². The van der Waals surface area contributed by atoms with Crippen molar-refractivity contribution < 1.29 is 32.2 Å². The number of carbonyl (C=O) groups is 2. The lowest BCUT2D eigenvalue weighted by Gasteiger charge is -2.29. The average Bonchev–Trinajstić information content (AvgIpc) is 3.09. The molecule has 33 heavy (non-hydrogen) atoms. The van der Waals surface area contributed by atoms with Crippen LogP contribution in [0.2, 0.25) is 0 Å². The van der Waals surface area contributed by atoms with Crippen LogP contribution < -0.4 is 9.64 Å². The van der Waals surface area contributed by atoms with Crippen molar-refractivity contribution >= 4 is 43.5 Å². The normalized spacial score (nSPS) is 16.8. The fourth-order valence-electron chi connectivity index (χ4n) is 3.50. The van der Waals surface area contributed by atoms with Crippen molar-refractivity contribution in [3.05, 3.63) is 53.0 Å². The van der Waals surface area contributed by atoms with Gasteiger partial charge in [0.15, 0.2) is 6.29 Å². The van der Waals surface area contributed by atoms with Crippen LogP contribution in [0.4, 0.5) is 5.69 Å². The molecule has 1 aliphatic heterocycles. The zero-order valence-electron chi connectivity index (χ0n) is 18.4. The quantitative estimate of drug-likeness (QED) is 0.337. The minimum Gasteiger partial charge on any atom is -0.494 e. The van der Waals surface area contributed by atoms with E-state index in [1.54, 1.807) is 36.4 Å². The van der Waals surface area contributed by atoms with Crippen molar-refractivity contribution in [1.29, 1.82) is 0 Å². The highest BCUT2D eigenvalue weighted by atomic mass is 79.9. The number of methoxy groups -OCH3 is 2. The van der Waals surface area contributed by atoms with Crippen LogP contribution in [-0.2, 0) is 29.1 Å². The molecule has 2 amide bonds. The Hall–Kier alpha value is -2.31. The van der Waals surface area contributed by atoms with E-state index in [0.717, 1.165) is 9.21 Å². The molecular weight excluding hydrogens is 516 g/mol. The molecule has 178 valence electrons. The van der Waals surface area contributed by atoms with Crippen molar-refractivity contribution in [2.75, 3.05) is 32.3 Å². The first-order valence-electron chi connectivity index (χ1n) is 10.2. The first kappa shape index (κ1) is 25.3. The minimum absolute atomic E-state index is 0.0172. The van der Waals surface area contributed by atoms with Gasteiger partial charge in [-0.1, -0.05) is 15.9 Å². The summed E-state index contributed by atoms with van der Waals surface area (Å²) in [4.78, 5) is 27.1. The zero-order chi connectivity index (χ0) is 24.2. The third-order valence-corrected chi connectivity index (χ3v) is 7.57. The molecule has 0 saturated carbocycles. The number of ether oxygens (including phenoxy) is 3. The smallest absolute Gasteiger partial charge is 0.252 e. The summed E-state index contributed by atoms with van der Waals surface area (Å²) in [6.45, 7) is 2.05. The number of amides is 2. The van der Waals surface area contributed by atoms with Gasteiger partial charge in [-0.15, -0.1) is 0 Å². The first-order chi connectivity index (χ1) is 15.7. The van der Waals surface area contributed by atoms with E-state index in [1.165, 1.54) is 26.4 Å². The van der Waals surface area contributed by atoms with Gasteiger partial charge in [-0.25, -0.2) is 13.3 Å². The fraction of sp³-hybridized carbons (Fsp3) is 0.364. The number of hydrogen-bond acceptors (Lipinski definition) is 7. The molecule has 1 atom stereocenters. The number of nitrogens with zero attached hydrogens (tertiary/aromatic N) is 2. The number of imide groups is 1. The SMILES string of the molecule is CCOc1ccc(N2C(=O)CC(N(CC(OC)OC)S(=O)(=O)c3ccc(Br)cc3)C2=O)cc1. The van der Waals surface area contributed by atoms with Gasteiger partial charge in [-0.2, -0.15) is 4.31 Å². The Balaban J connectivity index is 1.97. The Morgan fingerprint density at radius 2 is 1.67 bits per heavy atom. The van der Waals surface area contributed by atoms with E-state index in [2.05, 4.69) is 15.9 Å². The van der Waals surface area contributed by atoms with Gasteiger partial charge in [-0.05, 0) is 55.5 Å². The van der Waals surface area contributed by atoms with Gasteiger partial charge in [0.1, 0.15) is 11.8 Å². The van der Waals surface area contributed by atoms with Crippen LogP contribution in [-0.4, -0.2) is 64.2 Å². The highest BCUT2D eigenvalue weighted by Crippen LogP contribution is 2.31. The topological polar surface area (TPSA) is 102 Å². The van der Waals surface area contributed by atoms with E-state index in [0.29, 0.717) is 22.5 Å². The predicted octanol–water partition coefficient (Wildman–Crippen LogP) is 2.79. The molecule has 0 bridgehead atoms. The van der Waals surface area contributed by atoms with E-state index in [9.17, 15) is 18.0 Å². The summed E-state index contributed by atoms with van der Waals surface area (Å²) in [6, 6.07) is 11.2. The summed E-state index contributed by atoms with van der Waals surface area (Å²) >= 11 is 3.28. The maximum Gasteiger partial charge on any atom is 0.252 e. The number of rotatable bonds is 10. The minimum atomic E-state index is -4.16. The average molecular weight is 541 g/mol. The second-order valence-corrected chi connectivity index (χ2v) is 9.95. The molecule has 1 fully saturated rings. The van der Waals surface area contributed by atoms with Gasteiger partial charge in [0.2, 0.25) is 15.9 Å². The van der Waals surface area contributed by atoms with Gasteiger partial charge in [-0.3, -0.25) is 9.59 Å². The molecule has 2 aromatic rings. The molecular formula is C22H25BrN2O7S. The van der Waals surface area contributed by atoms with Crippen LogP contribution in [0.25, 0.3) is 0 Å². The summed E-state index contributed by atoms with van der Waals surface area (Å²) in [5.74, 6) is -0.549. The summed E-state index contributed by atoms with van der Waals surface area (Å²) < 4.78 is 44.5. The summed E-state index contributed by atoms with van der Waals surface area (Å²) in [7, 11) is -1.42. The van der Waals surface area contributed by atoms with Crippen molar-refractivity contribution in [3.8, 4) is 5.75 Å². The monoisotopic (exact) mass is 540 g/mol. The molecule has 9 nitrogen and oxygen atoms in total. The van der Waals surface area contributed by atoms with Crippen molar-refractivity contribution in [1.82, 2.24) is 4.31 Å². The Kier molecular flexibility index (Phi) is 8.24. The van der Waals surface area contributed by atoms with E-state index < -0.39 is 34.2 Å². The standard InChI is InChI=1S/C22H25BrN2O7S/c1-4-32-17-9-7-16(8-10-17)25-20(26)13-19(22(25)27)24(14-21(30-2)31-3)33(28,29)18-11-5-15(23)6-12-18/h5-12,19,21H,4,13-14H2,1-3H3. The molecule has 11 heteroatoms. The molecule has 1 unspecified atom stereocenters. The number of carbonyl (C=O) groups excluding carboxylic acids is 2. The zero-order valence-corrected chi connectivity index (χ0v) is 20.8. The number of anilines is 1. The highest BCUT2D eigenvalue weighted by molar-refractivity contribution is 9.10. The van der Waals surface area contributed by atoms with Crippen LogP contribution in [0.1, 0.15) is 13.3 Å². The number of halogens is 1. The molecule has 1 aliphatic rings. The summed E-state index contributed by atoms with van der Waals surface area (Å²) in [5, 5.41) is 0. The second-order valence-electron chi connectivity index (χ2n) is 7.14. The Labute approximate surface area is 201 Å². The van der Waals surface area contributed by atoms with Gasteiger partial charge in [0, 0.05) is 18.7 Å². The van der Waals surface area contributed by atoms with E-state index in [4.69, 9.17) is 14.2 Å². The molecule has 0 aliphatic carbocycles. The molecule has 1 saturated heterocycles. The molecule has 2 aromatic carbocycles. The van der Waals surface area contributed by atoms with Crippen LogP contribution in [0.3, 0.4) is 0 Å². The molecule has 0 N–H and O–H groups in total. The largest absolute Gasteiger partial charge is 0.494 e. The summed E-state index contributed by atoms with van der Waals surface area (Å²) in [6.07, 6.45) is -1.24. The van der Waals surface area contributed by atoms with Crippen molar-refractivity contribution in [2.24, 2.45) is 0 Å². The number of sulfonamides is 1. The first-order valence-corrected chi connectivity index (χ1v) is 12.4. The van der Waals surface area contributed by atoms with Gasteiger partial charge < -0.3 is 14.2 Å². The van der Waals surface area contributed by atoms with Gasteiger partial charge in [0.25, 0.3) is 5.91 Å². The number of hydrogen-bond donors (Lipinski definition) is 0. The lowest BCUT2D eigenvalue weighted by molar-refractivity contribution is -0.125. The van der Waals surface area contributed by atoms with Crippen LogP contribution in [0.5, 0.6) is 5.75 Å². The van der Waals surface area contributed by atoms with Crippen molar-refractivity contribution in [2.45, 2.75) is 30.6 Å². The maximum atomic E-state index is 13.5. The van der Waals surface area contributed by atoms with E-state index in [-0.39, 0.29) is 17.9 Å².